The predicted molar refractivity (Wildman–Crippen MR) is 143 cm³/mol. The van der Waals surface area contributed by atoms with Gasteiger partial charge in [0.25, 0.3) is 10.0 Å². The van der Waals surface area contributed by atoms with E-state index in [4.69, 9.17) is 11.6 Å². The lowest BCUT2D eigenvalue weighted by atomic mass is 9.48. The van der Waals surface area contributed by atoms with Crippen molar-refractivity contribution in [2.75, 3.05) is 10.0 Å². The van der Waals surface area contributed by atoms with Gasteiger partial charge in [0.2, 0.25) is 0 Å². The van der Waals surface area contributed by atoms with E-state index in [0.717, 1.165) is 17.8 Å². The second-order valence-electron chi connectivity index (χ2n) is 10.9. The molecular formula is C28H28ClN3O4S. The molecule has 37 heavy (non-hydrogen) atoms. The van der Waals surface area contributed by atoms with Crippen molar-refractivity contribution >= 4 is 44.8 Å². The number of hydrogen-bond acceptors (Lipinski definition) is 5. The number of aromatic carboxylic acids is 1. The average Bonchev–Trinajstić information content (AvgIpc) is 2.85. The first kappa shape index (κ1) is 24.2. The van der Waals surface area contributed by atoms with Crippen LogP contribution in [0.2, 0.25) is 5.02 Å². The van der Waals surface area contributed by atoms with Crippen LogP contribution in [0, 0.1) is 17.8 Å². The highest BCUT2D eigenvalue weighted by Gasteiger charge is 2.51. The maximum atomic E-state index is 13.1. The van der Waals surface area contributed by atoms with Crippen LogP contribution in [-0.2, 0) is 15.4 Å². The fourth-order valence-corrected chi connectivity index (χ4v) is 8.49. The van der Waals surface area contributed by atoms with Gasteiger partial charge in [-0.15, -0.1) is 0 Å². The number of anilines is 3. The van der Waals surface area contributed by atoms with E-state index in [2.05, 4.69) is 21.1 Å². The van der Waals surface area contributed by atoms with Crippen LogP contribution < -0.4 is 10.0 Å². The number of nitrogens with one attached hydrogen (secondary N) is 2. The molecule has 0 radical (unpaired) electrons. The molecule has 4 aliphatic rings. The highest BCUT2D eigenvalue weighted by atomic mass is 35.5. The summed E-state index contributed by atoms with van der Waals surface area (Å²) in [5, 5.41) is 12.7. The number of nitrogens with zero attached hydrogens (tertiary/aromatic N) is 1. The topological polar surface area (TPSA) is 108 Å². The van der Waals surface area contributed by atoms with Gasteiger partial charge in [-0.25, -0.2) is 18.2 Å². The van der Waals surface area contributed by atoms with Crippen LogP contribution in [0.3, 0.4) is 0 Å². The first-order valence-corrected chi connectivity index (χ1v) is 14.5. The van der Waals surface area contributed by atoms with Crippen LogP contribution in [0.4, 0.5) is 17.2 Å². The molecule has 1 aromatic heterocycles. The Kier molecular flexibility index (Phi) is 5.92. The van der Waals surface area contributed by atoms with E-state index in [1.807, 2.05) is 6.07 Å². The summed E-state index contributed by atoms with van der Waals surface area (Å²) in [6.45, 7) is 0. The van der Waals surface area contributed by atoms with Gasteiger partial charge in [0, 0.05) is 11.9 Å². The molecule has 0 unspecified atom stereocenters. The summed E-state index contributed by atoms with van der Waals surface area (Å²) in [5.74, 6) is 1.51. The molecule has 4 fully saturated rings. The van der Waals surface area contributed by atoms with Gasteiger partial charge in [-0.05, 0) is 116 Å². The Balaban J connectivity index is 1.19. The predicted octanol–water partition coefficient (Wildman–Crippen LogP) is 6.45. The Morgan fingerprint density at radius 2 is 1.62 bits per heavy atom. The maximum absolute atomic E-state index is 13.1. The lowest BCUT2D eigenvalue weighted by Gasteiger charge is -2.57. The number of rotatable bonds is 7. The summed E-state index contributed by atoms with van der Waals surface area (Å²) in [6, 6.07) is 14.8. The van der Waals surface area contributed by atoms with Crippen molar-refractivity contribution in [3.8, 4) is 0 Å². The van der Waals surface area contributed by atoms with Crippen LogP contribution in [0.5, 0.6) is 0 Å². The molecule has 0 saturated heterocycles. The van der Waals surface area contributed by atoms with Crippen molar-refractivity contribution in [3.05, 3.63) is 76.9 Å². The number of hydrogen-bond donors (Lipinski definition) is 3. The number of carbonyl (C=O) groups is 1. The zero-order valence-corrected chi connectivity index (χ0v) is 21.7. The van der Waals surface area contributed by atoms with Crippen molar-refractivity contribution in [2.24, 2.45) is 17.8 Å². The van der Waals surface area contributed by atoms with Gasteiger partial charge in [-0.1, -0.05) is 17.7 Å². The molecule has 192 valence electrons. The Morgan fingerprint density at radius 1 is 0.973 bits per heavy atom. The molecule has 0 spiro atoms. The molecule has 7 rings (SSSR count). The van der Waals surface area contributed by atoms with Crippen molar-refractivity contribution in [3.63, 3.8) is 0 Å². The molecule has 0 atom stereocenters. The van der Waals surface area contributed by atoms with Crippen LogP contribution in [-0.4, -0.2) is 24.5 Å². The monoisotopic (exact) mass is 537 g/mol. The third kappa shape index (κ3) is 4.57. The summed E-state index contributed by atoms with van der Waals surface area (Å²) in [4.78, 5) is 15.5. The van der Waals surface area contributed by atoms with Gasteiger partial charge >= 0.3 is 5.97 Å². The van der Waals surface area contributed by atoms with E-state index in [1.165, 1.54) is 74.6 Å². The minimum absolute atomic E-state index is 0.0208. The zero-order valence-electron chi connectivity index (χ0n) is 20.2. The Labute approximate surface area is 221 Å². The number of carboxylic acid groups (broad SMARTS) is 1. The van der Waals surface area contributed by atoms with E-state index in [0.29, 0.717) is 16.4 Å². The summed E-state index contributed by atoms with van der Waals surface area (Å²) >= 11 is 6.63. The van der Waals surface area contributed by atoms with Crippen LogP contribution in [0.25, 0.3) is 0 Å². The standard InChI is InChI=1S/C28H28ClN3O4S/c29-24-13-20(28-14-17-10-18(15-28)12-19(11-17)16-28)3-8-25(24)32-37(35,36)22-6-4-21(5-7-22)31-26-23(27(33)34)2-1-9-30-26/h1-9,13,17-19,32H,10-12,14-16H2,(H,30,31)(H,33,34). The molecular weight excluding hydrogens is 510 g/mol. The molecule has 4 aliphatic carbocycles. The summed E-state index contributed by atoms with van der Waals surface area (Å²) in [7, 11) is -3.88. The number of sulfonamides is 1. The largest absolute Gasteiger partial charge is 0.478 e. The molecule has 4 bridgehead atoms. The molecule has 0 aliphatic heterocycles. The SMILES string of the molecule is O=C(O)c1cccnc1Nc1ccc(S(=O)(=O)Nc2ccc(C34CC5CC(CC(C5)C3)C4)cc2Cl)cc1. The van der Waals surface area contributed by atoms with Crippen molar-refractivity contribution in [1.82, 2.24) is 4.98 Å². The quantitative estimate of drug-likeness (QED) is 0.320. The molecule has 7 nitrogen and oxygen atoms in total. The number of pyridine rings is 1. The number of carboxylic acids is 1. The third-order valence-corrected chi connectivity index (χ3v) is 10.0. The molecule has 3 N–H and O–H groups in total. The third-order valence-electron chi connectivity index (χ3n) is 8.33. The molecule has 2 aromatic carbocycles. The Hall–Kier alpha value is -3.10. The first-order chi connectivity index (χ1) is 17.7. The second kappa shape index (κ2) is 9.03. The molecule has 4 saturated carbocycles. The lowest BCUT2D eigenvalue weighted by Crippen LogP contribution is -2.48. The minimum atomic E-state index is -3.88. The van der Waals surface area contributed by atoms with E-state index in [9.17, 15) is 18.3 Å². The van der Waals surface area contributed by atoms with E-state index >= 15 is 0 Å². The van der Waals surface area contributed by atoms with Crippen molar-refractivity contribution in [2.45, 2.75) is 48.8 Å². The van der Waals surface area contributed by atoms with Gasteiger partial charge < -0.3 is 10.4 Å². The highest BCUT2D eigenvalue weighted by Crippen LogP contribution is 2.61. The maximum Gasteiger partial charge on any atom is 0.339 e. The van der Waals surface area contributed by atoms with Gasteiger partial charge in [-0.3, -0.25) is 4.72 Å². The zero-order chi connectivity index (χ0) is 25.8. The summed E-state index contributed by atoms with van der Waals surface area (Å²) in [6.07, 6.45) is 9.22. The average molecular weight is 538 g/mol. The molecule has 1 heterocycles. The Morgan fingerprint density at radius 3 is 2.22 bits per heavy atom. The van der Waals surface area contributed by atoms with Crippen molar-refractivity contribution in [1.29, 1.82) is 0 Å². The lowest BCUT2D eigenvalue weighted by molar-refractivity contribution is -0.00517. The van der Waals surface area contributed by atoms with Crippen molar-refractivity contribution < 1.29 is 18.3 Å². The number of aromatic nitrogens is 1. The van der Waals surface area contributed by atoms with E-state index in [-0.39, 0.29) is 21.7 Å². The van der Waals surface area contributed by atoms with Crippen LogP contribution in [0.15, 0.2) is 65.7 Å². The van der Waals surface area contributed by atoms with Gasteiger partial charge in [0.1, 0.15) is 11.4 Å². The fraction of sp³-hybridized carbons (Fsp3) is 0.357. The fourth-order valence-electron chi connectivity index (χ4n) is 7.13. The second-order valence-corrected chi connectivity index (χ2v) is 12.9. The molecule has 0 amide bonds. The minimum Gasteiger partial charge on any atom is -0.478 e. The highest BCUT2D eigenvalue weighted by molar-refractivity contribution is 7.92. The number of benzene rings is 2. The van der Waals surface area contributed by atoms with Crippen LogP contribution in [0.1, 0.15) is 54.4 Å². The molecule has 9 heteroatoms. The summed E-state index contributed by atoms with van der Waals surface area (Å²) in [5.41, 5.74) is 2.32. The number of halogens is 1. The normalized spacial score (nSPS) is 26.1. The van der Waals surface area contributed by atoms with Gasteiger partial charge in [-0.2, -0.15) is 0 Å². The summed E-state index contributed by atoms with van der Waals surface area (Å²) < 4.78 is 28.8. The smallest absolute Gasteiger partial charge is 0.339 e. The van der Waals surface area contributed by atoms with E-state index in [1.54, 1.807) is 18.2 Å². The first-order valence-electron chi connectivity index (χ1n) is 12.6. The Bertz CT molecular complexity index is 1440. The van der Waals surface area contributed by atoms with Gasteiger partial charge in [0.05, 0.1) is 15.6 Å². The van der Waals surface area contributed by atoms with E-state index < -0.39 is 16.0 Å². The molecule has 3 aromatic rings. The van der Waals surface area contributed by atoms with Crippen LogP contribution >= 0.6 is 11.6 Å². The van der Waals surface area contributed by atoms with Gasteiger partial charge in [0.15, 0.2) is 0 Å².